The lowest BCUT2D eigenvalue weighted by molar-refractivity contribution is -0.137. The Bertz CT molecular complexity index is 114. The molecule has 0 spiro atoms. The zero-order valence-electron chi connectivity index (χ0n) is 5.97. The van der Waals surface area contributed by atoms with E-state index in [1.165, 1.54) is 0 Å². The molecular formula is C5H11ClNO3P. The summed E-state index contributed by atoms with van der Waals surface area (Å²) < 4.78 is 4.92. The molecule has 0 aliphatic rings. The van der Waals surface area contributed by atoms with Crippen LogP contribution in [0.4, 0.5) is 0 Å². The predicted octanol–water partition coefficient (Wildman–Crippen LogP) is 0.815. The normalized spacial score (nSPS) is 11.0. The summed E-state index contributed by atoms with van der Waals surface area (Å²) >= 11 is 5.36. The molecule has 1 unspecified atom stereocenters. The number of carbonyl (C=O) groups is 1. The molecule has 4 nitrogen and oxygen atoms in total. The lowest BCUT2D eigenvalue weighted by Crippen LogP contribution is -2.06. The van der Waals surface area contributed by atoms with Gasteiger partial charge in [0.2, 0.25) is 0 Å². The molecule has 1 atom stereocenters. The average molecular weight is 200 g/mol. The number of carboxylic acids is 1. The van der Waals surface area contributed by atoms with Crippen LogP contribution < -0.4 is 5.09 Å². The summed E-state index contributed by atoms with van der Waals surface area (Å²) in [5, 5.41) is 11.1. The maximum absolute atomic E-state index is 9.97. The second kappa shape index (κ2) is 8.21. The minimum Gasteiger partial charge on any atom is -0.481 e. The van der Waals surface area contributed by atoms with Gasteiger partial charge >= 0.3 is 5.97 Å². The first-order chi connectivity index (χ1) is 5.27. The zero-order chi connectivity index (χ0) is 8.53. The van der Waals surface area contributed by atoms with Gasteiger partial charge in [-0.15, -0.1) is 11.6 Å². The Morgan fingerprint density at radius 2 is 2.45 bits per heavy atom. The molecule has 66 valence electrons. The third kappa shape index (κ3) is 10.1. The fourth-order valence-corrected chi connectivity index (χ4v) is 1.12. The van der Waals surface area contributed by atoms with Gasteiger partial charge in [-0.1, -0.05) is 0 Å². The van der Waals surface area contributed by atoms with Gasteiger partial charge in [0.15, 0.2) is 0 Å². The molecule has 0 radical (unpaired) electrons. The van der Waals surface area contributed by atoms with Crippen LogP contribution in [0, 0.1) is 0 Å². The molecule has 0 aliphatic heterocycles. The van der Waals surface area contributed by atoms with E-state index in [9.17, 15) is 4.79 Å². The Hall–Kier alpha value is 0.110. The van der Waals surface area contributed by atoms with Crippen LogP contribution in [-0.2, 0) is 9.32 Å². The molecule has 0 bridgehead atoms. The third-order valence-electron chi connectivity index (χ3n) is 0.782. The lowest BCUT2D eigenvalue weighted by atomic mass is 10.5. The standard InChI is InChI=1S/C5H11ClNO3P/c6-2-3-7-11-10-4-1-5(8)9/h7,11H,1-4H2,(H,8,9). The van der Waals surface area contributed by atoms with Crippen molar-refractivity contribution < 1.29 is 14.4 Å². The first kappa shape index (κ1) is 11.1. The van der Waals surface area contributed by atoms with Crippen LogP contribution in [0.2, 0.25) is 0 Å². The number of hydrogen-bond donors (Lipinski definition) is 2. The number of carboxylic acid groups (broad SMARTS) is 1. The van der Waals surface area contributed by atoms with E-state index in [2.05, 4.69) is 5.09 Å². The topological polar surface area (TPSA) is 58.6 Å². The van der Waals surface area contributed by atoms with E-state index < -0.39 is 5.97 Å². The molecule has 6 heteroatoms. The van der Waals surface area contributed by atoms with Crippen molar-refractivity contribution in [3.63, 3.8) is 0 Å². The van der Waals surface area contributed by atoms with Crippen LogP contribution in [0.1, 0.15) is 6.42 Å². The fraction of sp³-hybridized carbons (Fsp3) is 0.800. The molecule has 11 heavy (non-hydrogen) atoms. The molecule has 0 saturated heterocycles. The minimum absolute atomic E-state index is 0.0511. The number of hydrogen-bond acceptors (Lipinski definition) is 3. The minimum atomic E-state index is -0.841. The molecule has 0 saturated carbocycles. The van der Waals surface area contributed by atoms with E-state index in [1.54, 1.807) is 0 Å². The van der Waals surface area contributed by atoms with Gasteiger partial charge in [0.1, 0.15) is 0 Å². The SMILES string of the molecule is O=C(O)CCOPNCCCl. The smallest absolute Gasteiger partial charge is 0.305 e. The van der Waals surface area contributed by atoms with E-state index >= 15 is 0 Å². The highest BCUT2D eigenvalue weighted by Crippen LogP contribution is 2.04. The summed E-state index contributed by atoms with van der Waals surface area (Å²) in [7, 11) is 0.141. The Balaban J connectivity index is 2.85. The van der Waals surface area contributed by atoms with E-state index in [4.69, 9.17) is 21.2 Å². The van der Waals surface area contributed by atoms with Gasteiger partial charge in [0, 0.05) is 12.4 Å². The predicted molar refractivity (Wildman–Crippen MR) is 45.2 cm³/mol. The van der Waals surface area contributed by atoms with Gasteiger partial charge in [-0.3, -0.25) is 9.88 Å². The van der Waals surface area contributed by atoms with Crippen molar-refractivity contribution in [1.82, 2.24) is 5.09 Å². The van der Waals surface area contributed by atoms with Gasteiger partial charge in [-0.2, -0.15) is 0 Å². The Labute approximate surface area is 72.2 Å². The van der Waals surface area contributed by atoms with E-state index in [1.807, 2.05) is 0 Å². The highest BCUT2D eigenvalue weighted by atomic mass is 35.5. The van der Waals surface area contributed by atoms with Crippen molar-refractivity contribution in [2.24, 2.45) is 0 Å². The Morgan fingerprint density at radius 1 is 1.73 bits per heavy atom. The van der Waals surface area contributed by atoms with Crippen LogP contribution in [0.25, 0.3) is 0 Å². The van der Waals surface area contributed by atoms with E-state index in [0.717, 1.165) is 0 Å². The Morgan fingerprint density at radius 3 is 3.00 bits per heavy atom. The molecule has 0 fully saturated rings. The maximum atomic E-state index is 9.97. The number of aliphatic carboxylic acids is 1. The average Bonchev–Trinajstić information content (AvgIpc) is 1.96. The lowest BCUT2D eigenvalue weighted by Gasteiger charge is -2.01. The van der Waals surface area contributed by atoms with Crippen LogP contribution >= 0.6 is 20.6 Å². The molecule has 0 aliphatic carbocycles. The van der Waals surface area contributed by atoms with Crippen molar-refractivity contribution in [2.45, 2.75) is 6.42 Å². The second-order valence-corrected chi connectivity index (χ2v) is 2.93. The van der Waals surface area contributed by atoms with Gasteiger partial charge in [-0.25, -0.2) is 0 Å². The quantitative estimate of drug-likeness (QED) is 0.362. The van der Waals surface area contributed by atoms with Gasteiger partial charge in [-0.05, 0) is 0 Å². The second-order valence-electron chi connectivity index (χ2n) is 1.71. The molecular weight excluding hydrogens is 188 g/mol. The highest BCUT2D eigenvalue weighted by molar-refractivity contribution is 7.29. The monoisotopic (exact) mass is 199 g/mol. The number of nitrogens with one attached hydrogen (secondary N) is 1. The number of rotatable bonds is 7. The Kier molecular flexibility index (Phi) is 8.29. The largest absolute Gasteiger partial charge is 0.481 e. The maximum Gasteiger partial charge on any atom is 0.305 e. The van der Waals surface area contributed by atoms with Gasteiger partial charge in [0.25, 0.3) is 0 Å². The summed E-state index contributed by atoms with van der Waals surface area (Å²) in [4.78, 5) is 9.97. The summed E-state index contributed by atoms with van der Waals surface area (Å²) in [5.74, 6) is -0.304. The fourth-order valence-electron chi connectivity index (χ4n) is 0.339. The van der Waals surface area contributed by atoms with Gasteiger partial charge in [0.05, 0.1) is 22.0 Å². The molecule has 0 aromatic heterocycles. The first-order valence-corrected chi connectivity index (χ1v) is 4.59. The summed E-state index contributed by atoms with van der Waals surface area (Å²) in [5.41, 5.74) is 0. The number of halogens is 1. The summed E-state index contributed by atoms with van der Waals surface area (Å²) in [6.45, 7) is 0.941. The molecule has 0 aromatic carbocycles. The summed E-state index contributed by atoms with van der Waals surface area (Å²) in [6.07, 6.45) is 0.0511. The first-order valence-electron chi connectivity index (χ1n) is 3.14. The zero-order valence-corrected chi connectivity index (χ0v) is 7.73. The van der Waals surface area contributed by atoms with Crippen LogP contribution in [0.15, 0.2) is 0 Å². The van der Waals surface area contributed by atoms with E-state index in [0.29, 0.717) is 12.4 Å². The summed E-state index contributed by atoms with van der Waals surface area (Å²) in [6, 6.07) is 0. The molecule has 0 amide bonds. The molecule has 2 N–H and O–H groups in total. The van der Waals surface area contributed by atoms with Crippen molar-refractivity contribution in [1.29, 1.82) is 0 Å². The van der Waals surface area contributed by atoms with Crippen LogP contribution in [0.3, 0.4) is 0 Å². The third-order valence-corrected chi connectivity index (χ3v) is 1.71. The molecule has 0 heterocycles. The number of alkyl halides is 1. The van der Waals surface area contributed by atoms with Crippen molar-refractivity contribution in [2.75, 3.05) is 19.0 Å². The van der Waals surface area contributed by atoms with Crippen molar-refractivity contribution >= 4 is 26.5 Å². The highest BCUT2D eigenvalue weighted by Gasteiger charge is 1.94. The van der Waals surface area contributed by atoms with E-state index in [-0.39, 0.29) is 22.0 Å². The van der Waals surface area contributed by atoms with Crippen LogP contribution in [-0.4, -0.2) is 30.1 Å². The molecule has 0 rings (SSSR count). The van der Waals surface area contributed by atoms with Crippen LogP contribution in [0.5, 0.6) is 0 Å². The van der Waals surface area contributed by atoms with Crippen molar-refractivity contribution in [3.05, 3.63) is 0 Å². The van der Waals surface area contributed by atoms with Crippen molar-refractivity contribution in [3.8, 4) is 0 Å². The molecule has 0 aromatic rings. The van der Waals surface area contributed by atoms with Gasteiger partial charge < -0.3 is 9.63 Å².